The number of hydrogen-bond donors (Lipinski definition) is 2. The SMILES string of the molecule is CCCc1cc(=O)[nH]c(SCC(=O)Nc2nc3ccc(C)cc3s2)n1. The summed E-state index contributed by atoms with van der Waals surface area (Å²) in [4.78, 5) is 35.2. The summed E-state index contributed by atoms with van der Waals surface area (Å²) in [6, 6.07) is 7.48. The second kappa shape index (κ2) is 7.79. The molecular formula is C17H18N4O2S2. The number of carbonyl (C=O) groups is 1. The molecule has 0 saturated carbocycles. The minimum Gasteiger partial charge on any atom is -0.301 e. The Morgan fingerprint density at radius 2 is 2.16 bits per heavy atom. The third kappa shape index (κ3) is 4.67. The smallest absolute Gasteiger partial charge is 0.251 e. The van der Waals surface area contributed by atoms with E-state index in [1.54, 1.807) is 0 Å². The van der Waals surface area contributed by atoms with Crippen molar-refractivity contribution in [3.05, 3.63) is 45.9 Å². The number of carbonyl (C=O) groups excluding carboxylic acids is 1. The number of nitrogens with zero attached hydrogens (tertiary/aromatic N) is 2. The number of anilines is 1. The van der Waals surface area contributed by atoms with Crippen molar-refractivity contribution in [3.8, 4) is 0 Å². The van der Waals surface area contributed by atoms with Crippen LogP contribution in [0, 0.1) is 6.92 Å². The zero-order valence-corrected chi connectivity index (χ0v) is 15.6. The zero-order chi connectivity index (χ0) is 17.8. The highest BCUT2D eigenvalue weighted by atomic mass is 32.2. The van der Waals surface area contributed by atoms with Crippen molar-refractivity contribution >= 4 is 44.4 Å². The number of aromatic nitrogens is 3. The molecular weight excluding hydrogens is 356 g/mol. The summed E-state index contributed by atoms with van der Waals surface area (Å²) in [5.41, 5.74) is 2.59. The van der Waals surface area contributed by atoms with E-state index in [0.717, 1.165) is 34.3 Å². The number of rotatable bonds is 6. The summed E-state index contributed by atoms with van der Waals surface area (Å²) in [5, 5.41) is 3.84. The number of fused-ring (bicyclic) bond motifs is 1. The molecule has 0 saturated heterocycles. The van der Waals surface area contributed by atoms with Crippen LogP contribution in [0.15, 0.2) is 34.2 Å². The predicted molar refractivity (Wildman–Crippen MR) is 103 cm³/mol. The molecule has 0 atom stereocenters. The van der Waals surface area contributed by atoms with Crippen LogP contribution in [0.5, 0.6) is 0 Å². The van der Waals surface area contributed by atoms with Gasteiger partial charge in [-0.25, -0.2) is 9.97 Å². The van der Waals surface area contributed by atoms with Gasteiger partial charge in [-0.2, -0.15) is 0 Å². The molecule has 2 heterocycles. The van der Waals surface area contributed by atoms with Crippen LogP contribution in [0.4, 0.5) is 5.13 Å². The van der Waals surface area contributed by atoms with Crippen molar-refractivity contribution in [3.63, 3.8) is 0 Å². The van der Waals surface area contributed by atoms with E-state index in [9.17, 15) is 9.59 Å². The van der Waals surface area contributed by atoms with Crippen LogP contribution in [0.25, 0.3) is 10.2 Å². The van der Waals surface area contributed by atoms with Crippen molar-refractivity contribution in [2.75, 3.05) is 11.1 Å². The van der Waals surface area contributed by atoms with Gasteiger partial charge in [0, 0.05) is 11.8 Å². The van der Waals surface area contributed by atoms with E-state index >= 15 is 0 Å². The average Bonchev–Trinajstić information content (AvgIpc) is 2.94. The topological polar surface area (TPSA) is 87.7 Å². The van der Waals surface area contributed by atoms with Crippen molar-refractivity contribution in [2.45, 2.75) is 31.8 Å². The largest absolute Gasteiger partial charge is 0.301 e. The van der Waals surface area contributed by atoms with Gasteiger partial charge in [0.15, 0.2) is 10.3 Å². The lowest BCUT2D eigenvalue weighted by molar-refractivity contribution is -0.113. The minimum atomic E-state index is -0.192. The second-order valence-electron chi connectivity index (χ2n) is 5.62. The monoisotopic (exact) mass is 374 g/mol. The van der Waals surface area contributed by atoms with Crippen LogP contribution in [0.2, 0.25) is 0 Å². The van der Waals surface area contributed by atoms with Gasteiger partial charge < -0.3 is 10.3 Å². The van der Waals surface area contributed by atoms with Gasteiger partial charge in [0.1, 0.15) is 0 Å². The molecule has 0 aliphatic heterocycles. The number of aryl methyl sites for hydroxylation is 2. The molecule has 2 aromatic heterocycles. The Hall–Kier alpha value is -2.19. The maximum Gasteiger partial charge on any atom is 0.251 e. The molecule has 8 heteroatoms. The second-order valence-corrected chi connectivity index (χ2v) is 7.61. The first-order valence-electron chi connectivity index (χ1n) is 7.93. The quantitative estimate of drug-likeness (QED) is 0.510. The van der Waals surface area contributed by atoms with Crippen LogP contribution >= 0.6 is 23.1 Å². The Labute approximate surface area is 153 Å². The first-order valence-corrected chi connectivity index (χ1v) is 9.74. The first-order chi connectivity index (χ1) is 12.0. The van der Waals surface area contributed by atoms with Crippen LogP contribution in [-0.2, 0) is 11.2 Å². The molecule has 3 rings (SSSR count). The Bertz CT molecular complexity index is 965. The summed E-state index contributed by atoms with van der Waals surface area (Å²) >= 11 is 2.66. The van der Waals surface area contributed by atoms with Crippen molar-refractivity contribution in [2.24, 2.45) is 0 Å². The number of hydrogen-bond acceptors (Lipinski definition) is 6. The molecule has 1 amide bonds. The lowest BCUT2D eigenvalue weighted by atomic mass is 10.2. The Morgan fingerprint density at radius 3 is 2.96 bits per heavy atom. The number of benzene rings is 1. The molecule has 130 valence electrons. The first kappa shape index (κ1) is 17.6. The number of thiazole rings is 1. The van der Waals surface area contributed by atoms with E-state index in [1.807, 2.05) is 32.0 Å². The van der Waals surface area contributed by atoms with Gasteiger partial charge >= 0.3 is 0 Å². The number of aromatic amines is 1. The molecule has 0 aliphatic rings. The third-order valence-electron chi connectivity index (χ3n) is 3.41. The molecule has 25 heavy (non-hydrogen) atoms. The summed E-state index contributed by atoms with van der Waals surface area (Å²) < 4.78 is 1.04. The molecule has 0 aliphatic carbocycles. The van der Waals surface area contributed by atoms with Crippen molar-refractivity contribution < 1.29 is 4.79 Å². The maximum atomic E-state index is 12.1. The third-order valence-corrected chi connectivity index (χ3v) is 5.22. The number of nitrogens with one attached hydrogen (secondary N) is 2. The Kier molecular flexibility index (Phi) is 5.50. The lowest BCUT2D eigenvalue weighted by Gasteiger charge is -2.03. The van der Waals surface area contributed by atoms with E-state index in [4.69, 9.17) is 0 Å². The van der Waals surface area contributed by atoms with Gasteiger partial charge in [0.05, 0.1) is 16.0 Å². The van der Waals surface area contributed by atoms with Gasteiger partial charge in [-0.05, 0) is 31.0 Å². The molecule has 6 nitrogen and oxygen atoms in total. The molecule has 0 bridgehead atoms. The molecule has 2 N–H and O–H groups in total. The molecule has 0 fully saturated rings. The van der Waals surface area contributed by atoms with Gasteiger partial charge in [-0.1, -0.05) is 42.5 Å². The highest BCUT2D eigenvalue weighted by Crippen LogP contribution is 2.26. The van der Waals surface area contributed by atoms with E-state index in [0.29, 0.717) is 10.3 Å². The van der Waals surface area contributed by atoms with Crippen LogP contribution in [0.3, 0.4) is 0 Å². The van der Waals surface area contributed by atoms with E-state index in [-0.39, 0.29) is 17.2 Å². The Balaban J connectivity index is 1.63. The number of thioether (sulfide) groups is 1. The van der Waals surface area contributed by atoms with Gasteiger partial charge in [-0.15, -0.1) is 0 Å². The van der Waals surface area contributed by atoms with Crippen molar-refractivity contribution in [1.82, 2.24) is 15.0 Å². The zero-order valence-electron chi connectivity index (χ0n) is 14.0. The molecule has 3 aromatic rings. The molecule has 0 spiro atoms. The van der Waals surface area contributed by atoms with Crippen LogP contribution in [-0.4, -0.2) is 26.6 Å². The fraction of sp³-hybridized carbons (Fsp3) is 0.294. The molecule has 0 unspecified atom stereocenters. The fourth-order valence-electron chi connectivity index (χ4n) is 2.31. The lowest BCUT2D eigenvalue weighted by Crippen LogP contribution is -2.15. The minimum absolute atomic E-state index is 0.160. The van der Waals surface area contributed by atoms with Crippen LogP contribution in [0.1, 0.15) is 24.6 Å². The highest BCUT2D eigenvalue weighted by Gasteiger charge is 2.10. The Morgan fingerprint density at radius 1 is 1.32 bits per heavy atom. The summed E-state index contributed by atoms with van der Waals surface area (Å²) in [5.74, 6) is -0.0164. The highest BCUT2D eigenvalue weighted by molar-refractivity contribution is 7.99. The number of amides is 1. The van der Waals surface area contributed by atoms with Crippen LogP contribution < -0.4 is 10.9 Å². The summed E-state index contributed by atoms with van der Waals surface area (Å²) in [6.07, 6.45) is 1.66. The standard InChI is InChI=1S/C17H18N4O2S2/c1-3-4-11-8-14(22)20-16(18-11)24-9-15(23)21-17-19-12-6-5-10(2)7-13(12)25-17/h5-8H,3-4,9H2,1-2H3,(H,18,20,22)(H,19,21,23). The van der Waals surface area contributed by atoms with Crippen molar-refractivity contribution in [1.29, 1.82) is 0 Å². The maximum absolute atomic E-state index is 12.1. The van der Waals surface area contributed by atoms with E-state index < -0.39 is 0 Å². The normalized spacial score (nSPS) is 11.0. The van der Waals surface area contributed by atoms with Gasteiger partial charge in [0.25, 0.3) is 5.56 Å². The van der Waals surface area contributed by atoms with E-state index in [2.05, 4.69) is 20.3 Å². The molecule has 1 aromatic carbocycles. The summed E-state index contributed by atoms with van der Waals surface area (Å²) in [7, 11) is 0. The van der Waals surface area contributed by atoms with Gasteiger partial charge in [-0.3, -0.25) is 9.59 Å². The number of H-pyrrole nitrogens is 1. The van der Waals surface area contributed by atoms with E-state index in [1.165, 1.54) is 29.2 Å². The fourth-order valence-corrected chi connectivity index (χ4v) is 3.99. The summed E-state index contributed by atoms with van der Waals surface area (Å²) in [6.45, 7) is 4.05. The van der Waals surface area contributed by atoms with Gasteiger partial charge in [0.2, 0.25) is 5.91 Å². The predicted octanol–water partition coefficient (Wildman–Crippen LogP) is 3.37. The average molecular weight is 374 g/mol. The molecule has 0 radical (unpaired) electrons.